The van der Waals surface area contributed by atoms with E-state index in [1.807, 2.05) is 6.07 Å². The van der Waals surface area contributed by atoms with Crippen molar-refractivity contribution in [2.45, 2.75) is 50.1 Å². The number of fused-ring (bicyclic) bond motifs is 2. The van der Waals surface area contributed by atoms with Crippen LogP contribution >= 0.6 is 11.6 Å². The Morgan fingerprint density at radius 3 is 2.76 bits per heavy atom. The van der Waals surface area contributed by atoms with Gasteiger partial charge in [0.2, 0.25) is 17.7 Å². The van der Waals surface area contributed by atoms with Gasteiger partial charge in [-0.15, -0.1) is 0 Å². The number of nitrogens with one attached hydrogen (secondary N) is 3. The molecule has 0 spiro atoms. The van der Waals surface area contributed by atoms with Crippen LogP contribution in [0.2, 0.25) is 5.02 Å². The van der Waals surface area contributed by atoms with E-state index in [0.717, 1.165) is 23.5 Å². The molecule has 0 unspecified atom stereocenters. The normalized spacial score (nSPS) is 27.1. The number of hydrogen-bond acceptors (Lipinski definition) is 4. The number of hydrogen-bond donors (Lipinski definition) is 3. The summed E-state index contributed by atoms with van der Waals surface area (Å²) < 4.78 is 57.3. The lowest BCUT2D eigenvalue weighted by molar-refractivity contribution is -0.129. The second-order valence-electron chi connectivity index (χ2n) is 10.3. The third-order valence-electron chi connectivity index (χ3n) is 7.78. The number of halogens is 5. The Morgan fingerprint density at radius 1 is 1.29 bits per heavy atom. The number of alkyl halides is 2. The number of rotatable bonds is 5. The van der Waals surface area contributed by atoms with E-state index in [-0.39, 0.29) is 35.5 Å². The summed E-state index contributed by atoms with van der Waals surface area (Å²) in [6, 6.07) is 1.40. The molecule has 0 bridgehead atoms. The molecule has 3 N–H and O–H groups in total. The largest absolute Gasteiger partial charge is 0.356 e. The van der Waals surface area contributed by atoms with Gasteiger partial charge in [0.05, 0.1) is 16.6 Å². The second kappa shape index (κ2) is 9.76. The zero-order valence-electron chi connectivity index (χ0n) is 20.0. The average Bonchev–Trinajstić information content (AvgIpc) is 3.53. The Kier molecular flexibility index (Phi) is 6.75. The van der Waals surface area contributed by atoms with E-state index in [2.05, 4.69) is 15.6 Å². The van der Waals surface area contributed by atoms with Crippen LogP contribution < -0.4 is 10.6 Å². The van der Waals surface area contributed by atoms with Crippen molar-refractivity contribution in [3.8, 4) is 6.07 Å². The van der Waals surface area contributed by atoms with Crippen molar-refractivity contribution in [2.75, 3.05) is 13.1 Å². The monoisotopic (exact) mass is 553 g/mol. The Labute approximate surface area is 219 Å². The van der Waals surface area contributed by atoms with Crippen molar-refractivity contribution in [3.05, 3.63) is 34.5 Å². The molecule has 5 atom stereocenters. The fourth-order valence-electron chi connectivity index (χ4n) is 6.05. The van der Waals surface area contributed by atoms with Gasteiger partial charge in [-0.25, -0.2) is 17.6 Å². The molecule has 2 saturated heterocycles. The number of amides is 3. The predicted octanol–water partition coefficient (Wildman–Crippen LogP) is 3.51. The molecule has 38 heavy (non-hydrogen) atoms. The molecule has 3 heterocycles. The lowest BCUT2D eigenvalue weighted by atomic mass is 9.90. The van der Waals surface area contributed by atoms with E-state index in [0.29, 0.717) is 13.0 Å². The molecule has 2 aliphatic heterocycles. The lowest BCUT2D eigenvalue weighted by Gasteiger charge is -2.29. The van der Waals surface area contributed by atoms with Gasteiger partial charge in [-0.3, -0.25) is 14.4 Å². The summed E-state index contributed by atoms with van der Waals surface area (Å²) >= 11 is 5.70. The Bertz CT molecular complexity index is 1360. The van der Waals surface area contributed by atoms with Crippen LogP contribution in [-0.2, 0) is 9.59 Å². The van der Waals surface area contributed by atoms with Crippen LogP contribution in [0.3, 0.4) is 0 Å². The molecule has 1 aliphatic carbocycles. The maximum Gasteiger partial charge on any atom is 0.271 e. The molecule has 5 rings (SSSR count). The van der Waals surface area contributed by atoms with Crippen molar-refractivity contribution in [1.29, 1.82) is 5.26 Å². The molecular formula is C25H24ClF4N5O3. The summed E-state index contributed by atoms with van der Waals surface area (Å²) in [6.45, 7) is 0.365. The Balaban J connectivity index is 1.41. The smallest absolute Gasteiger partial charge is 0.271 e. The first-order valence-electron chi connectivity index (χ1n) is 12.3. The highest BCUT2D eigenvalue weighted by atomic mass is 35.5. The molecule has 13 heteroatoms. The van der Waals surface area contributed by atoms with Crippen LogP contribution in [0.4, 0.5) is 17.6 Å². The first kappa shape index (κ1) is 26.3. The average molecular weight is 554 g/mol. The number of benzene rings is 1. The van der Waals surface area contributed by atoms with Crippen molar-refractivity contribution in [3.63, 3.8) is 0 Å². The topological polar surface area (TPSA) is 118 Å². The number of nitrogens with zero attached hydrogens (tertiary/aromatic N) is 2. The summed E-state index contributed by atoms with van der Waals surface area (Å²) in [5.41, 5.74) is -0.569. The van der Waals surface area contributed by atoms with Gasteiger partial charge in [-0.05, 0) is 43.2 Å². The maximum absolute atomic E-state index is 14.5. The van der Waals surface area contributed by atoms with Crippen molar-refractivity contribution < 1.29 is 31.9 Å². The van der Waals surface area contributed by atoms with Crippen LogP contribution in [-0.4, -0.2) is 58.7 Å². The van der Waals surface area contributed by atoms with Gasteiger partial charge in [0.25, 0.3) is 5.91 Å². The summed E-state index contributed by atoms with van der Waals surface area (Å²) in [7, 11) is 0. The fraction of sp³-hybridized carbons (Fsp3) is 0.520. The fourth-order valence-corrected chi connectivity index (χ4v) is 6.24. The minimum absolute atomic E-state index is 0.0420. The van der Waals surface area contributed by atoms with Crippen LogP contribution in [0.1, 0.15) is 42.6 Å². The Hall–Kier alpha value is -3.33. The third-order valence-corrected chi connectivity index (χ3v) is 8.06. The molecule has 3 amide bonds. The first-order chi connectivity index (χ1) is 18.0. The van der Waals surface area contributed by atoms with Gasteiger partial charge in [-0.1, -0.05) is 11.6 Å². The van der Waals surface area contributed by atoms with E-state index in [1.54, 1.807) is 0 Å². The maximum atomic E-state index is 14.5. The summed E-state index contributed by atoms with van der Waals surface area (Å²) in [5.74, 6) is -8.69. The number of aromatic nitrogens is 1. The van der Waals surface area contributed by atoms with Crippen molar-refractivity contribution in [1.82, 2.24) is 20.5 Å². The highest BCUT2D eigenvalue weighted by Gasteiger charge is 2.58. The number of carbonyl (C=O) groups is 3. The molecule has 1 aromatic carbocycles. The minimum Gasteiger partial charge on any atom is -0.356 e. The molecular weight excluding hydrogens is 530 g/mol. The number of likely N-dealkylation sites (tertiary alicyclic amines) is 1. The molecule has 1 saturated carbocycles. The van der Waals surface area contributed by atoms with Crippen LogP contribution in [0.25, 0.3) is 10.9 Å². The minimum atomic E-state index is -3.01. The van der Waals surface area contributed by atoms with Crippen molar-refractivity contribution in [2.24, 2.45) is 17.8 Å². The highest BCUT2D eigenvalue weighted by Crippen LogP contribution is 2.50. The first-order valence-corrected chi connectivity index (χ1v) is 12.7. The van der Waals surface area contributed by atoms with E-state index >= 15 is 0 Å². The number of carbonyl (C=O) groups excluding carboxylic acids is 3. The SMILES string of the molecule is N#C[C@H](C[C@H]1CCCNC1=O)NC(=O)[C@H]1[C@H]2CC(F)(F)C[C@H]2CN1C(=O)c1cc2c(F)cc(Cl)c(F)c2[nH]1. The zero-order chi connectivity index (χ0) is 27.4. The van der Waals surface area contributed by atoms with Crippen LogP contribution in [0.5, 0.6) is 0 Å². The number of piperidine rings is 1. The van der Waals surface area contributed by atoms with Crippen LogP contribution in [0.15, 0.2) is 12.1 Å². The predicted molar refractivity (Wildman–Crippen MR) is 127 cm³/mol. The standard InChI is InChI=1S/C25H24ClF4N5O3/c26-16-6-17(27)14-5-18(34-20(14)19(16)28)24(38)35-10-12-7-25(29,30)8-15(12)21(35)23(37)33-13(9-31)4-11-2-1-3-32-22(11)36/h5-6,11-13,15,21,34H,1-4,7-8,10H2,(H,32,36)(H,33,37)/t11-,12+,13+,15+,21-/m1/s1. The van der Waals surface area contributed by atoms with Crippen LogP contribution in [0, 0.1) is 40.7 Å². The van der Waals surface area contributed by atoms with E-state index in [1.165, 1.54) is 0 Å². The molecule has 2 aromatic rings. The zero-order valence-corrected chi connectivity index (χ0v) is 20.8. The van der Waals surface area contributed by atoms with Gasteiger partial charge >= 0.3 is 0 Å². The van der Waals surface area contributed by atoms with E-state index in [9.17, 15) is 37.2 Å². The number of nitriles is 1. The summed E-state index contributed by atoms with van der Waals surface area (Å²) in [4.78, 5) is 42.6. The molecule has 1 aromatic heterocycles. The summed E-state index contributed by atoms with van der Waals surface area (Å²) in [5, 5.41) is 14.2. The second-order valence-corrected chi connectivity index (χ2v) is 10.7. The Morgan fingerprint density at radius 2 is 2.05 bits per heavy atom. The van der Waals surface area contributed by atoms with Gasteiger partial charge in [-0.2, -0.15) is 5.26 Å². The molecule has 8 nitrogen and oxygen atoms in total. The molecule has 202 valence electrons. The molecule has 3 fully saturated rings. The number of aromatic amines is 1. The number of H-pyrrole nitrogens is 1. The van der Waals surface area contributed by atoms with E-state index in [4.69, 9.17) is 11.6 Å². The lowest BCUT2D eigenvalue weighted by Crippen LogP contribution is -2.52. The van der Waals surface area contributed by atoms with Gasteiger partial charge in [0.15, 0.2) is 5.82 Å². The summed E-state index contributed by atoms with van der Waals surface area (Å²) in [6.07, 6.45) is 0.180. The quantitative estimate of drug-likeness (QED) is 0.388. The van der Waals surface area contributed by atoms with Gasteiger partial charge in [0, 0.05) is 37.2 Å². The highest BCUT2D eigenvalue weighted by molar-refractivity contribution is 6.31. The van der Waals surface area contributed by atoms with Crippen molar-refractivity contribution >= 4 is 40.2 Å². The van der Waals surface area contributed by atoms with Gasteiger partial charge in [0.1, 0.15) is 23.6 Å². The van der Waals surface area contributed by atoms with E-state index < -0.39 is 77.1 Å². The third kappa shape index (κ3) is 4.68. The van der Waals surface area contributed by atoms with Gasteiger partial charge < -0.3 is 20.5 Å². The molecule has 0 radical (unpaired) electrons. The molecule has 3 aliphatic rings.